The maximum absolute atomic E-state index is 12.2. The van der Waals surface area contributed by atoms with Crippen LogP contribution in [-0.2, 0) is 6.42 Å². The minimum atomic E-state index is -0.00630. The van der Waals surface area contributed by atoms with Crippen LogP contribution in [0.25, 0.3) is 0 Å². The molecule has 6 heteroatoms. The Morgan fingerprint density at radius 3 is 2.84 bits per heavy atom. The summed E-state index contributed by atoms with van der Waals surface area (Å²) >= 11 is 8.16. The first-order valence-electron chi connectivity index (χ1n) is 5.85. The molecular weight excluding hydrogens is 377 g/mol. The number of Topliss-reactive ketones (excluding diaryl/α,β-unsaturated/α-hetero) is 1. The smallest absolute Gasteiger partial charge is 0.170 e. The predicted molar refractivity (Wildman–Crippen MR) is 82.6 cm³/mol. The summed E-state index contributed by atoms with van der Waals surface area (Å²) in [6, 6.07) is 5.50. The molecule has 19 heavy (non-hydrogen) atoms. The number of carbonyl (C=O) groups excluding carboxylic acids is 1. The second-order valence-corrected chi connectivity index (χ2v) is 6.01. The molecule has 0 atom stereocenters. The summed E-state index contributed by atoms with van der Waals surface area (Å²) in [5.74, 6) is 0.669. The number of benzene rings is 1. The maximum atomic E-state index is 12.2. The molecule has 0 saturated carbocycles. The molecule has 0 N–H and O–H groups in total. The zero-order chi connectivity index (χ0) is 14.0. The SMILES string of the molecule is CC(C)n1ncnc1CC(=O)c1ccc(I)c(Cl)c1. The Labute approximate surface area is 130 Å². The van der Waals surface area contributed by atoms with Gasteiger partial charge in [-0.15, -0.1) is 0 Å². The summed E-state index contributed by atoms with van der Waals surface area (Å²) in [5.41, 5.74) is 0.601. The first-order chi connectivity index (χ1) is 8.99. The number of rotatable bonds is 4. The fourth-order valence-electron chi connectivity index (χ4n) is 1.75. The van der Waals surface area contributed by atoms with E-state index in [2.05, 4.69) is 32.7 Å². The van der Waals surface area contributed by atoms with Gasteiger partial charge in [0.15, 0.2) is 5.78 Å². The van der Waals surface area contributed by atoms with E-state index in [1.54, 1.807) is 16.8 Å². The molecule has 100 valence electrons. The van der Waals surface area contributed by atoms with Crippen LogP contribution in [0.2, 0.25) is 5.02 Å². The lowest BCUT2D eigenvalue weighted by Crippen LogP contribution is -2.13. The van der Waals surface area contributed by atoms with Crippen LogP contribution in [0.5, 0.6) is 0 Å². The fourth-order valence-corrected chi connectivity index (χ4v) is 2.26. The number of halogens is 2. The molecule has 1 aromatic carbocycles. The van der Waals surface area contributed by atoms with Crippen molar-refractivity contribution in [1.82, 2.24) is 14.8 Å². The highest BCUT2D eigenvalue weighted by Gasteiger charge is 2.14. The Balaban J connectivity index is 2.21. The zero-order valence-electron chi connectivity index (χ0n) is 10.6. The van der Waals surface area contributed by atoms with E-state index in [9.17, 15) is 4.79 Å². The van der Waals surface area contributed by atoms with Gasteiger partial charge in [0.2, 0.25) is 0 Å². The van der Waals surface area contributed by atoms with Gasteiger partial charge in [-0.05, 0) is 48.6 Å². The number of nitrogens with zero attached hydrogens (tertiary/aromatic N) is 3. The third-order valence-electron chi connectivity index (χ3n) is 2.70. The van der Waals surface area contributed by atoms with Crippen LogP contribution in [0, 0.1) is 3.57 Å². The lowest BCUT2D eigenvalue weighted by molar-refractivity contribution is 0.0989. The molecule has 0 radical (unpaired) electrons. The molecule has 0 bridgehead atoms. The van der Waals surface area contributed by atoms with Gasteiger partial charge >= 0.3 is 0 Å². The molecule has 0 unspecified atom stereocenters. The van der Waals surface area contributed by atoms with Crippen molar-refractivity contribution in [3.63, 3.8) is 0 Å². The number of ketones is 1. The summed E-state index contributed by atoms with van der Waals surface area (Å²) in [5, 5.41) is 4.71. The van der Waals surface area contributed by atoms with Crippen molar-refractivity contribution in [2.45, 2.75) is 26.3 Å². The molecule has 0 aliphatic carbocycles. The minimum absolute atomic E-state index is 0.00630. The maximum Gasteiger partial charge on any atom is 0.170 e. The van der Waals surface area contributed by atoms with Gasteiger partial charge in [-0.2, -0.15) is 5.10 Å². The normalized spacial score (nSPS) is 11.0. The largest absolute Gasteiger partial charge is 0.294 e. The van der Waals surface area contributed by atoms with E-state index in [4.69, 9.17) is 11.6 Å². The second kappa shape index (κ2) is 6.00. The van der Waals surface area contributed by atoms with Crippen molar-refractivity contribution in [2.75, 3.05) is 0 Å². The molecular formula is C13H13ClIN3O. The van der Waals surface area contributed by atoms with Gasteiger partial charge in [0, 0.05) is 15.2 Å². The van der Waals surface area contributed by atoms with Gasteiger partial charge in [-0.1, -0.05) is 17.7 Å². The Morgan fingerprint density at radius 1 is 1.47 bits per heavy atom. The fraction of sp³-hybridized carbons (Fsp3) is 0.308. The molecule has 2 rings (SSSR count). The van der Waals surface area contributed by atoms with Crippen molar-refractivity contribution in [3.05, 3.63) is 44.5 Å². The molecule has 1 aromatic heterocycles. The van der Waals surface area contributed by atoms with Crippen LogP contribution in [-0.4, -0.2) is 20.5 Å². The van der Waals surface area contributed by atoms with Crippen LogP contribution in [0.3, 0.4) is 0 Å². The molecule has 2 aromatic rings. The Kier molecular flexibility index (Phi) is 4.57. The van der Waals surface area contributed by atoms with Gasteiger partial charge < -0.3 is 0 Å². The average Bonchev–Trinajstić information content (AvgIpc) is 2.80. The number of aromatic nitrogens is 3. The molecule has 0 amide bonds. The van der Waals surface area contributed by atoms with Crippen LogP contribution in [0.4, 0.5) is 0 Å². The Hall–Kier alpha value is -0.950. The van der Waals surface area contributed by atoms with E-state index in [1.165, 1.54) is 6.33 Å². The molecule has 0 fully saturated rings. The topological polar surface area (TPSA) is 47.8 Å². The van der Waals surface area contributed by atoms with Crippen molar-refractivity contribution in [1.29, 1.82) is 0 Å². The lowest BCUT2D eigenvalue weighted by atomic mass is 10.1. The van der Waals surface area contributed by atoms with E-state index in [0.717, 1.165) is 3.57 Å². The molecule has 4 nitrogen and oxygen atoms in total. The van der Waals surface area contributed by atoms with Crippen LogP contribution in [0.1, 0.15) is 36.1 Å². The van der Waals surface area contributed by atoms with Gasteiger partial charge in [0.25, 0.3) is 0 Å². The highest BCUT2D eigenvalue weighted by atomic mass is 127. The van der Waals surface area contributed by atoms with E-state index < -0.39 is 0 Å². The summed E-state index contributed by atoms with van der Waals surface area (Å²) in [4.78, 5) is 16.3. The monoisotopic (exact) mass is 389 g/mol. The highest BCUT2D eigenvalue weighted by Crippen LogP contribution is 2.20. The van der Waals surface area contributed by atoms with Crippen LogP contribution in [0.15, 0.2) is 24.5 Å². The molecule has 0 spiro atoms. The van der Waals surface area contributed by atoms with E-state index in [-0.39, 0.29) is 18.2 Å². The third kappa shape index (κ3) is 3.33. The van der Waals surface area contributed by atoms with E-state index in [1.807, 2.05) is 19.9 Å². The molecule has 0 saturated heterocycles. The zero-order valence-corrected chi connectivity index (χ0v) is 13.5. The molecule has 0 aliphatic rings. The summed E-state index contributed by atoms with van der Waals surface area (Å²) in [7, 11) is 0. The summed E-state index contributed by atoms with van der Waals surface area (Å²) in [6.45, 7) is 4.01. The average molecular weight is 390 g/mol. The van der Waals surface area contributed by atoms with E-state index >= 15 is 0 Å². The van der Waals surface area contributed by atoms with E-state index in [0.29, 0.717) is 16.4 Å². The third-order valence-corrected chi connectivity index (χ3v) is 4.27. The van der Waals surface area contributed by atoms with Crippen molar-refractivity contribution in [2.24, 2.45) is 0 Å². The van der Waals surface area contributed by atoms with Crippen molar-refractivity contribution < 1.29 is 4.79 Å². The molecule has 1 heterocycles. The second-order valence-electron chi connectivity index (χ2n) is 4.44. The quantitative estimate of drug-likeness (QED) is 0.593. The van der Waals surface area contributed by atoms with Crippen molar-refractivity contribution in [3.8, 4) is 0 Å². The summed E-state index contributed by atoms with van der Waals surface area (Å²) in [6.07, 6.45) is 1.71. The van der Waals surface area contributed by atoms with Gasteiger partial charge in [-0.25, -0.2) is 9.67 Å². The number of hydrogen-bond acceptors (Lipinski definition) is 3. The molecule has 0 aliphatic heterocycles. The Morgan fingerprint density at radius 2 is 2.21 bits per heavy atom. The Bertz CT molecular complexity index is 610. The first-order valence-corrected chi connectivity index (χ1v) is 7.31. The van der Waals surface area contributed by atoms with Crippen molar-refractivity contribution >= 4 is 40.0 Å². The van der Waals surface area contributed by atoms with Gasteiger partial charge in [0.1, 0.15) is 12.2 Å². The first kappa shape index (κ1) is 14.5. The summed E-state index contributed by atoms with van der Waals surface area (Å²) < 4.78 is 2.69. The van der Waals surface area contributed by atoms with Crippen LogP contribution >= 0.6 is 34.2 Å². The predicted octanol–water partition coefficient (Wildman–Crippen LogP) is 3.54. The lowest BCUT2D eigenvalue weighted by Gasteiger charge is -2.09. The number of hydrogen-bond donors (Lipinski definition) is 0. The minimum Gasteiger partial charge on any atom is -0.294 e. The van der Waals surface area contributed by atoms with Gasteiger partial charge in [-0.3, -0.25) is 4.79 Å². The van der Waals surface area contributed by atoms with Crippen LogP contribution < -0.4 is 0 Å². The van der Waals surface area contributed by atoms with Gasteiger partial charge in [0.05, 0.1) is 11.4 Å². The highest BCUT2D eigenvalue weighted by molar-refractivity contribution is 14.1. The number of carbonyl (C=O) groups is 1. The standard InChI is InChI=1S/C13H13ClIN3O/c1-8(2)18-13(16-7-17-18)6-12(19)9-3-4-11(15)10(14)5-9/h3-5,7-8H,6H2,1-2H3.